The molecule has 1 atom stereocenters. The first-order valence-corrected chi connectivity index (χ1v) is 7.05. The van der Waals surface area contributed by atoms with Gasteiger partial charge >= 0.3 is 0 Å². The predicted molar refractivity (Wildman–Crippen MR) is 74.2 cm³/mol. The van der Waals surface area contributed by atoms with Crippen LogP contribution in [-0.4, -0.2) is 16.4 Å². The van der Waals surface area contributed by atoms with E-state index >= 15 is 0 Å². The van der Waals surface area contributed by atoms with Gasteiger partial charge in [-0.2, -0.15) is 5.10 Å². The van der Waals surface area contributed by atoms with E-state index in [1.807, 2.05) is 29.1 Å². The van der Waals surface area contributed by atoms with Crippen molar-refractivity contribution in [3.63, 3.8) is 0 Å². The van der Waals surface area contributed by atoms with Crippen LogP contribution in [0.1, 0.15) is 25.5 Å². The van der Waals surface area contributed by atoms with E-state index in [0.717, 1.165) is 35.2 Å². The molecule has 1 fully saturated rings. The predicted octanol–water partition coefficient (Wildman–Crippen LogP) is 4.01. The van der Waals surface area contributed by atoms with Gasteiger partial charge in [-0.15, -0.1) is 0 Å². The van der Waals surface area contributed by atoms with Crippen molar-refractivity contribution in [3.05, 3.63) is 41.0 Å². The van der Waals surface area contributed by atoms with Crippen molar-refractivity contribution >= 4 is 15.9 Å². The van der Waals surface area contributed by atoms with Crippen molar-refractivity contribution in [2.75, 3.05) is 6.61 Å². The molecule has 1 saturated heterocycles. The molecule has 1 aromatic heterocycles. The average molecular weight is 307 g/mol. The number of nitrogens with zero attached hydrogens (tertiary/aromatic N) is 2. The number of rotatable bonds is 2. The first kappa shape index (κ1) is 11.9. The molecular weight excluding hydrogens is 292 g/mol. The Labute approximate surface area is 115 Å². The van der Waals surface area contributed by atoms with Gasteiger partial charge in [-0.1, -0.05) is 34.1 Å². The zero-order valence-corrected chi connectivity index (χ0v) is 11.6. The zero-order valence-electron chi connectivity index (χ0n) is 10.1. The van der Waals surface area contributed by atoms with Crippen molar-refractivity contribution in [1.29, 1.82) is 0 Å². The van der Waals surface area contributed by atoms with Gasteiger partial charge in [0.15, 0.2) is 6.23 Å². The van der Waals surface area contributed by atoms with E-state index in [9.17, 15) is 0 Å². The second-order valence-corrected chi connectivity index (χ2v) is 5.32. The summed E-state index contributed by atoms with van der Waals surface area (Å²) in [6.45, 7) is 0.833. The Morgan fingerprint density at radius 2 is 2.11 bits per heavy atom. The summed E-state index contributed by atoms with van der Waals surface area (Å²) >= 11 is 3.59. The Morgan fingerprint density at radius 1 is 1.22 bits per heavy atom. The highest BCUT2D eigenvalue weighted by Crippen LogP contribution is 2.31. The molecule has 0 spiro atoms. The van der Waals surface area contributed by atoms with Crippen LogP contribution in [0.15, 0.2) is 41.0 Å². The summed E-state index contributed by atoms with van der Waals surface area (Å²) < 4.78 is 8.89. The van der Waals surface area contributed by atoms with Gasteiger partial charge in [0.25, 0.3) is 0 Å². The molecule has 1 aromatic carbocycles. The molecule has 0 aliphatic carbocycles. The molecule has 2 aromatic rings. The molecule has 0 N–H and O–H groups in total. The number of halogens is 1. The van der Waals surface area contributed by atoms with Crippen LogP contribution < -0.4 is 0 Å². The van der Waals surface area contributed by atoms with E-state index in [4.69, 9.17) is 4.74 Å². The Balaban J connectivity index is 1.98. The van der Waals surface area contributed by atoms with Crippen molar-refractivity contribution in [1.82, 2.24) is 9.78 Å². The molecule has 0 amide bonds. The molecule has 94 valence electrons. The van der Waals surface area contributed by atoms with Crippen molar-refractivity contribution in [2.45, 2.75) is 25.5 Å². The Morgan fingerprint density at radius 3 is 2.89 bits per heavy atom. The van der Waals surface area contributed by atoms with Crippen molar-refractivity contribution < 1.29 is 4.74 Å². The molecule has 1 unspecified atom stereocenters. The van der Waals surface area contributed by atoms with E-state index in [-0.39, 0.29) is 6.23 Å². The highest BCUT2D eigenvalue weighted by atomic mass is 79.9. The quantitative estimate of drug-likeness (QED) is 0.838. The van der Waals surface area contributed by atoms with Crippen LogP contribution in [0.2, 0.25) is 0 Å². The van der Waals surface area contributed by atoms with E-state index in [2.05, 4.69) is 33.2 Å². The number of hydrogen-bond acceptors (Lipinski definition) is 2. The van der Waals surface area contributed by atoms with Gasteiger partial charge in [0.2, 0.25) is 0 Å². The first-order valence-electron chi connectivity index (χ1n) is 6.26. The summed E-state index contributed by atoms with van der Waals surface area (Å²) in [7, 11) is 0. The maximum absolute atomic E-state index is 5.81. The molecule has 1 aliphatic heterocycles. The minimum absolute atomic E-state index is 0.0795. The maximum Gasteiger partial charge on any atom is 0.150 e. The van der Waals surface area contributed by atoms with Crippen LogP contribution in [0.25, 0.3) is 11.3 Å². The average Bonchev–Trinajstić information content (AvgIpc) is 2.89. The fraction of sp³-hybridized carbons (Fsp3) is 0.357. The summed E-state index contributed by atoms with van der Waals surface area (Å²) in [6, 6.07) is 10.2. The van der Waals surface area contributed by atoms with Gasteiger partial charge in [0, 0.05) is 22.8 Å². The lowest BCUT2D eigenvalue weighted by Crippen LogP contribution is -2.19. The van der Waals surface area contributed by atoms with Crippen LogP contribution >= 0.6 is 15.9 Å². The van der Waals surface area contributed by atoms with E-state index in [1.165, 1.54) is 6.42 Å². The lowest BCUT2D eigenvalue weighted by Gasteiger charge is -2.24. The van der Waals surface area contributed by atoms with Gasteiger partial charge in [0.05, 0.1) is 5.69 Å². The van der Waals surface area contributed by atoms with Gasteiger partial charge in [0.1, 0.15) is 0 Å². The van der Waals surface area contributed by atoms with Gasteiger partial charge < -0.3 is 4.74 Å². The Hall–Kier alpha value is -1.13. The molecule has 0 bridgehead atoms. The summed E-state index contributed by atoms with van der Waals surface area (Å²) in [6.07, 6.45) is 5.32. The van der Waals surface area contributed by atoms with Gasteiger partial charge in [-0.3, -0.25) is 0 Å². The summed E-state index contributed by atoms with van der Waals surface area (Å²) in [4.78, 5) is 0. The van der Waals surface area contributed by atoms with E-state index in [1.54, 1.807) is 0 Å². The highest BCUT2D eigenvalue weighted by Gasteiger charge is 2.20. The molecule has 3 nitrogen and oxygen atoms in total. The summed E-state index contributed by atoms with van der Waals surface area (Å²) in [5.74, 6) is 0. The van der Waals surface area contributed by atoms with Gasteiger partial charge in [-0.25, -0.2) is 4.68 Å². The van der Waals surface area contributed by atoms with E-state index in [0.29, 0.717) is 0 Å². The summed E-state index contributed by atoms with van der Waals surface area (Å²) in [5, 5.41) is 4.43. The second kappa shape index (κ2) is 5.24. The van der Waals surface area contributed by atoms with Crippen molar-refractivity contribution in [2.24, 2.45) is 0 Å². The largest absolute Gasteiger partial charge is 0.356 e. The Bertz CT molecular complexity index is 532. The third kappa shape index (κ3) is 2.22. The Kier molecular flexibility index (Phi) is 3.48. The number of aromatic nitrogens is 2. The fourth-order valence-corrected chi connectivity index (χ4v) is 2.83. The lowest BCUT2D eigenvalue weighted by atomic mass is 10.1. The number of hydrogen-bond donors (Lipinski definition) is 0. The molecule has 18 heavy (non-hydrogen) atoms. The maximum atomic E-state index is 5.81. The topological polar surface area (TPSA) is 27.1 Å². The standard InChI is InChI=1S/C14H15BrN2O/c15-12-6-2-1-5-11(12)13-8-9-16-17(13)14-7-3-4-10-18-14/h1-2,5-6,8-9,14H,3-4,7,10H2. The molecule has 2 heterocycles. The minimum atomic E-state index is 0.0795. The minimum Gasteiger partial charge on any atom is -0.356 e. The molecule has 0 saturated carbocycles. The molecule has 4 heteroatoms. The number of benzene rings is 1. The van der Waals surface area contributed by atoms with Crippen LogP contribution in [0.3, 0.4) is 0 Å². The third-order valence-corrected chi connectivity index (χ3v) is 3.94. The molecule has 1 aliphatic rings. The van der Waals surface area contributed by atoms with Crippen LogP contribution in [0, 0.1) is 0 Å². The van der Waals surface area contributed by atoms with Crippen molar-refractivity contribution in [3.8, 4) is 11.3 Å². The molecular formula is C14H15BrN2O. The first-order chi connectivity index (χ1) is 8.86. The van der Waals surface area contributed by atoms with Gasteiger partial charge in [-0.05, 0) is 31.4 Å². The van der Waals surface area contributed by atoms with E-state index < -0.39 is 0 Å². The van der Waals surface area contributed by atoms with Crippen LogP contribution in [0.5, 0.6) is 0 Å². The highest BCUT2D eigenvalue weighted by molar-refractivity contribution is 9.10. The fourth-order valence-electron chi connectivity index (χ4n) is 2.34. The van der Waals surface area contributed by atoms with Crippen LogP contribution in [0.4, 0.5) is 0 Å². The SMILES string of the molecule is Brc1ccccc1-c1ccnn1C1CCCCO1. The second-order valence-electron chi connectivity index (χ2n) is 4.46. The molecule has 3 rings (SSSR count). The number of ether oxygens (including phenoxy) is 1. The van der Waals surface area contributed by atoms with Crippen LogP contribution in [-0.2, 0) is 4.74 Å². The smallest absolute Gasteiger partial charge is 0.150 e. The molecule has 0 radical (unpaired) electrons. The normalized spacial score (nSPS) is 19.9. The lowest BCUT2D eigenvalue weighted by molar-refractivity contribution is -0.0383. The monoisotopic (exact) mass is 306 g/mol. The summed E-state index contributed by atoms with van der Waals surface area (Å²) in [5.41, 5.74) is 2.26. The zero-order chi connectivity index (χ0) is 12.4. The third-order valence-electron chi connectivity index (χ3n) is 3.25.